The molecule has 1 aliphatic heterocycles. The molecular formula is C26H27BrClN7O. The predicted molar refractivity (Wildman–Crippen MR) is 146 cm³/mol. The van der Waals surface area contributed by atoms with Crippen molar-refractivity contribution in [1.29, 1.82) is 10.5 Å². The summed E-state index contributed by atoms with van der Waals surface area (Å²) < 4.78 is 6.90. The third-order valence-electron chi connectivity index (χ3n) is 5.91. The molecule has 1 aliphatic rings. The van der Waals surface area contributed by atoms with Crippen LogP contribution in [0.1, 0.15) is 42.0 Å². The molecule has 36 heavy (non-hydrogen) atoms. The number of halogens is 2. The zero-order valence-electron chi connectivity index (χ0n) is 20.3. The third kappa shape index (κ3) is 6.24. The van der Waals surface area contributed by atoms with E-state index in [9.17, 15) is 5.26 Å². The normalized spacial score (nSPS) is 13.7. The van der Waals surface area contributed by atoms with E-state index in [0.29, 0.717) is 39.0 Å². The first-order valence-electron chi connectivity index (χ1n) is 11.4. The number of aryl methyl sites for hydroxylation is 2. The molecule has 4 rings (SSSR count). The van der Waals surface area contributed by atoms with Crippen molar-refractivity contribution in [3.8, 4) is 23.8 Å². The lowest BCUT2D eigenvalue weighted by Crippen LogP contribution is -2.36. The quantitative estimate of drug-likeness (QED) is 0.336. The van der Waals surface area contributed by atoms with Crippen molar-refractivity contribution in [2.45, 2.75) is 39.8 Å². The summed E-state index contributed by atoms with van der Waals surface area (Å²) in [5, 5.41) is 25.0. The van der Waals surface area contributed by atoms with Crippen molar-refractivity contribution in [2.24, 2.45) is 0 Å². The van der Waals surface area contributed by atoms with E-state index in [1.165, 1.54) is 12.8 Å². The summed E-state index contributed by atoms with van der Waals surface area (Å²) in [7, 11) is 0. The molecule has 186 valence electrons. The van der Waals surface area contributed by atoms with Crippen LogP contribution in [0.15, 0.2) is 40.9 Å². The number of aromatic nitrogens is 2. The minimum atomic E-state index is 0. The number of nitriles is 2. The van der Waals surface area contributed by atoms with Gasteiger partial charge >= 0.3 is 0 Å². The van der Waals surface area contributed by atoms with Crippen LogP contribution < -0.4 is 15.4 Å². The van der Waals surface area contributed by atoms with Gasteiger partial charge in [0.15, 0.2) is 5.82 Å². The Balaban J connectivity index is 0.00000361. The fourth-order valence-corrected chi connectivity index (χ4v) is 4.47. The maximum atomic E-state index is 9.27. The predicted octanol–water partition coefficient (Wildman–Crippen LogP) is 6.41. The number of likely N-dealkylation sites (tertiary alicyclic amines) is 1. The van der Waals surface area contributed by atoms with Crippen LogP contribution in [-0.4, -0.2) is 34.1 Å². The molecule has 1 unspecified atom stereocenters. The van der Waals surface area contributed by atoms with Gasteiger partial charge in [-0.05, 0) is 97.1 Å². The van der Waals surface area contributed by atoms with Crippen LogP contribution in [0.4, 0.5) is 17.5 Å². The lowest BCUT2D eigenvalue weighted by atomic mass is 10.1. The molecular weight excluding hydrogens is 542 g/mol. The van der Waals surface area contributed by atoms with Gasteiger partial charge in [0.05, 0.1) is 29.4 Å². The van der Waals surface area contributed by atoms with E-state index in [4.69, 9.17) is 15.0 Å². The average Bonchev–Trinajstić information content (AvgIpc) is 3.39. The first kappa shape index (κ1) is 27.2. The number of nitrogens with zero attached hydrogens (tertiary/aromatic N) is 5. The molecule has 3 aromatic rings. The zero-order valence-corrected chi connectivity index (χ0v) is 22.7. The number of hydrogen-bond donors (Lipinski definition) is 2. The molecule has 2 heterocycles. The summed E-state index contributed by atoms with van der Waals surface area (Å²) >= 11 is 3.64. The van der Waals surface area contributed by atoms with E-state index in [1.54, 1.807) is 36.4 Å². The van der Waals surface area contributed by atoms with Crippen molar-refractivity contribution in [3.63, 3.8) is 0 Å². The highest BCUT2D eigenvalue weighted by Gasteiger charge is 2.22. The van der Waals surface area contributed by atoms with Gasteiger partial charge < -0.3 is 15.4 Å². The summed E-state index contributed by atoms with van der Waals surface area (Å²) in [5.74, 6) is 1.96. The molecule has 0 amide bonds. The van der Waals surface area contributed by atoms with Crippen molar-refractivity contribution < 1.29 is 4.74 Å². The Morgan fingerprint density at radius 2 is 1.61 bits per heavy atom. The number of rotatable bonds is 7. The number of hydrogen-bond acceptors (Lipinski definition) is 8. The molecule has 1 aromatic heterocycles. The van der Waals surface area contributed by atoms with E-state index in [2.05, 4.69) is 55.5 Å². The fraction of sp³-hybridized carbons (Fsp3) is 0.308. The summed E-state index contributed by atoms with van der Waals surface area (Å²) in [6.45, 7) is 8.01. The van der Waals surface area contributed by atoms with Crippen molar-refractivity contribution in [3.05, 3.63) is 63.1 Å². The van der Waals surface area contributed by atoms with E-state index >= 15 is 0 Å². The topological polar surface area (TPSA) is 110 Å². The molecule has 0 bridgehead atoms. The monoisotopic (exact) mass is 567 g/mol. The summed E-state index contributed by atoms with van der Waals surface area (Å²) in [6.07, 6.45) is 2.46. The van der Waals surface area contributed by atoms with Crippen molar-refractivity contribution in [1.82, 2.24) is 14.9 Å². The molecule has 2 N–H and O–H groups in total. The van der Waals surface area contributed by atoms with Gasteiger partial charge in [-0.3, -0.25) is 4.90 Å². The first-order valence-corrected chi connectivity index (χ1v) is 12.2. The van der Waals surface area contributed by atoms with Gasteiger partial charge in [-0.25, -0.2) is 0 Å². The maximum Gasteiger partial charge on any atom is 0.240 e. The van der Waals surface area contributed by atoms with Crippen molar-refractivity contribution >= 4 is 45.8 Å². The van der Waals surface area contributed by atoms with Crippen LogP contribution in [0.2, 0.25) is 0 Å². The Kier molecular flexibility index (Phi) is 9.11. The standard InChI is InChI=1S/C26H26BrN7O.ClH/c1-16-12-20(15-29)13-17(2)23(16)35-25-22(27)24(30-18(3)34-10-4-5-11-34)32-26(33-25)31-21-8-6-19(14-28)7-9-21;/h6-9,12-13,18H,4-5,10-11H2,1-3H3,(H2,30,31,32,33);1H. The van der Waals surface area contributed by atoms with Crippen LogP contribution >= 0.6 is 28.3 Å². The fourth-order valence-electron chi connectivity index (χ4n) is 4.09. The summed E-state index contributed by atoms with van der Waals surface area (Å²) in [6, 6.07) is 15.0. The highest BCUT2D eigenvalue weighted by molar-refractivity contribution is 9.10. The Morgan fingerprint density at radius 3 is 2.19 bits per heavy atom. The van der Waals surface area contributed by atoms with E-state index in [0.717, 1.165) is 29.9 Å². The molecule has 1 fully saturated rings. The van der Waals surface area contributed by atoms with E-state index < -0.39 is 0 Å². The lowest BCUT2D eigenvalue weighted by Gasteiger charge is -2.26. The minimum Gasteiger partial charge on any atom is -0.437 e. The van der Waals surface area contributed by atoms with Crippen LogP contribution in [0.5, 0.6) is 11.6 Å². The smallest absolute Gasteiger partial charge is 0.240 e. The zero-order chi connectivity index (χ0) is 24.9. The molecule has 0 radical (unpaired) electrons. The second-order valence-electron chi connectivity index (χ2n) is 8.55. The van der Waals surface area contributed by atoms with Crippen molar-refractivity contribution in [2.75, 3.05) is 23.7 Å². The Labute approximate surface area is 225 Å². The van der Waals surface area contributed by atoms with Crippen LogP contribution in [0.3, 0.4) is 0 Å². The number of nitrogens with one attached hydrogen (secondary N) is 2. The van der Waals surface area contributed by atoms with Gasteiger partial charge in [0.2, 0.25) is 11.8 Å². The number of benzene rings is 2. The van der Waals surface area contributed by atoms with Gasteiger partial charge in [0, 0.05) is 18.8 Å². The van der Waals surface area contributed by atoms with Gasteiger partial charge in [-0.2, -0.15) is 20.5 Å². The Bertz CT molecular complexity index is 1290. The SMILES string of the molecule is Cc1cc(C#N)cc(C)c1Oc1nc(Nc2ccc(C#N)cc2)nc(NC(C)N2CCCC2)c1Br.Cl. The van der Waals surface area contributed by atoms with Gasteiger partial charge in [-0.15, -0.1) is 12.4 Å². The molecule has 1 saturated heterocycles. The third-order valence-corrected chi connectivity index (χ3v) is 6.63. The molecule has 0 aliphatic carbocycles. The average molecular weight is 569 g/mol. The summed E-state index contributed by atoms with van der Waals surface area (Å²) in [5.41, 5.74) is 3.59. The lowest BCUT2D eigenvalue weighted by molar-refractivity contribution is 0.282. The number of anilines is 3. The van der Waals surface area contributed by atoms with Crippen LogP contribution in [-0.2, 0) is 0 Å². The molecule has 0 spiro atoms. The second-order valence-corrected chi connectivity index (χ2v) is 9.34. The van der Waals surface area contributed by atoms with Gasteiger partial charge in [0.1, 0.15) is 10.2 Å². The number of ether oxygens (including phenoxy) is 1. The molecule has 1 atom stereocenters. The highest BCUT2D eigenvalue weighted by atomic mass is 79.9. The van der Waals surface area contributed by atoms with Crippen LogP contribution in [0.25, 0.3) is 0 Å². The van der Waals surface area contributed by atoms with Crippen LogP contribution in [0, 0.1) is 36.5 Å². The largest absolute Gasteiger partial charge is 0.437 e. The first-order chi connectivity index (χ1) is 16.9. The summed E-state index contributed by atoms with van der Waals surface area (Å²) in [4.78, 5) is 11.7. The van der Waals surface area contributed by atoms with Gasteiger partial charge in [0.25, 0.3) is 0 Å². The van der Waals surface area contributed by atoms with E-state index in [-0.39, 0.29) is 18.6 Å². The molecule has 8 nitrogen and oxygen atoms in total. The molecule has 2 aromatic carbocycles. The Hall–Kier alpha value is -3.37. The van der Waals surface area contributed by atoms with Gasteiger partial charge in [-0.1, -0.05) is 0 Å². The minimum absolute atomic E-state index is 0. The van der Waals surface area contributed by atoms with E-state index in [1.807, 2.05) is 13.8 Å². The molecule has 10 heteroatoms. The molecule has 0 saturated carbocycles. The Morgan fingerprint density at radius 1 is 1.00 bits per heavy atom. The second kappa shape index (κ2) is 12.0. The highest BCUT2D eigenvalue weighted by Crippen LogP contribution is 2.37. The maximum absolute atomic E-state index is 9.27.